The van der Waals surface area contributed by atoms with Gasteiger partial charge in [0.1, 0.15) is 0 Å². The van der Waals surface area contributed by atoms with Crippen molar-refractivity contribution in [2.45, 2.75) is 39.3 Å². The fourth-order valence-electron chi connectivity index (χ4n) is 1.21. The lowest BCUT2D eigenvalue weighted by atomic mass is 10.5. The normalized spacial score (nSPS) is 15.7. The molecule has 0 aliphatic heterocycles. The Morgan fingerprint density at radius 3 is 2.38 bits per heavy atom. The lowest BCUT2D eigenvalue weighted by molar-refractivity contribution is 0.180. The summed E-state index contributed by atoms with van der Waals surface area (Å²) in [6.07, 6.45) is 2.16. The molecule has 2 nitrogen and oxygen atoms in total. The third-order valence-electron chi connectivity index (χ3n) is 1.85. The molecule has 0 bridgehead atoms. The molecule has 0 rings (SSSR count). The van der Waals surface area contributed by atoms with E-state index in [4.69, 9.17) is 8.85 Å². The predicted molar refractivity (Wildman–Crippen MR) is 62.8 cm³/mol. The van der Waals surface area contributed by atoms with Crippen molar-refractivity contribution in [2.24, 2.45) is 0 Å². The SMILES string of the molecule is CCCO[Si](C)(CCCS)OCC. The highest BCUT2D eigenvalue weighted by molar-refractivity contribution is 7.80. The van der Waals surface area contributed by atoms with Crippen LogP contribution in [-0.2, 0) is 8.85 Å². The van der Waals surface area contributed by atoms with E-state index in [1.165, 1.54) is 0 Å². The topological polar surface area (TPSA) is 18.5 Å². The van der Waals surface area contributed by atoms with Crippen molar-refractivity contribution >= 4 is 21.2 Å². The van der Waals surface area contributed by atoms with E-state index in [-0.39, 0.29) is 0 Å². The quantitative estimate of drug-likeness (QED) is 0.503. The Morgan fingerprint density at radius 2 is 1.92 bits per heavy atom. The number of rotatable bonds is 8. The lowest BCUT2D eigenvalue weighted by Crippen LogP contribution is -2.39. The molecular weight excluding hydrogens is 200 g/mol. The third-order valence-corrected chi connectivity index (χ3v) is 5.14. The van der Waals surface area contributed by atoms with Crippen LogP contribution >= 0.6 is 12.6 Å². The van der Waals surface area contributed by atoms with Gasteiger partial charge in [0.2, 0.25) is 0 Å². The first-order chi connectivity index (χ1) is 6.18. The van der Waals surface area contributed by atoms with Crippen molar-refractivity contribution in [3.8, 4) is 0 Å². The van der Waals surface area contributed by atoms with Gasteiger partial charge >= 0.3 is 8.56 Å². The Balaban J connectivity index is 3.84. The second-order valence-corrected chi connectivity index (χ2v) is 7.03. The molecule has 0 aromatic rings. The first kappa shape index (κ1) is 13.5. The van der Waals surface area contributed by atoms with Crippen molar-refractivity contribution < 1.29 is 8.85 Å². The molecule has 80 valence electrons. The first-order valence-corrected chi connectivity index (χ1v) is 8.23. The maximum absolute atomic E-state index is 5.80. The van der Waals surface area contributed by atoms with E-state index in [1.54, 1.807) is 0 Å². The lowest BCUT2D eigenvalue weighted by Gasteiger charge is -2.26. The van der Waals surface area contributed by atoms with Gasteiger partial charge in [-0.2, -0.15) is 12.6 Å². The Kier molecular flexibility index (Phi) is 8.14. The van der Waals surface area contributed by atoms with Gasteiger partial charge in [-0.3, -0.25) is 0 Å². The average molecular weight is 222 g/mol. The molecule has 0 radical (unpaired) electrons. The van der Waals surface area contributed by atoms with Crippen LogP contribution in [0.2, 0.25) is 12.6 Å². The maximum Gasteiger partial charge on any atom is 0.334 e. The second-order valence-electron chi connectivity index (χ2n) is 3.24. The summed E-state index contributed by atoms with van der Waals surface area (Å²) in [5, 5.41) is 0. The highest BCUT2D eigenvalue weighted by Crippen LogP contribution is 2.16. The van der Waals surface area contributed by atoms with E-state index in [9.17, 15) is 0 Å². The molecule has 0 saturated heterocycles. The van der Waals surface area contributed by atoms with Crippen LogP contribution in [0.25, 0.3) is 0 Å². The Hall–Kier alpha value is 0.487. The molecule has 0 N–H and O–H groups in total. The Bertz CT molecular complexity index is 114. The monoisotopic (exact) mass is 222 g/mol. The zero-order valence-corrected chi connectivity index (χ0v) is 10.9. The van der Waals surface area contributed by atoms with Crippen molar-refractivity contribution in [3.05, 3.63) is 0 Å². The Labute approximate surface area is 88.7 Å². The number of thiol groups is 1. The fraction of sp³-hybridized carbons (Fsp3) is 1.00. The van der Waals surface area contributed by atoms with Crippen LogP contribution in [0.3, 0.4) is 0 Å². The molecule has 0 aromatic carbocycles. The molecular formula is C9H22O2SSi. The van der Waals surface area contributed by atoms with E-state index >= 15 is 0 Å². The molecule has 1 unspecified atom stereocenters. The third kappa shape index (κ3) is 6.54. The van der Waals surface area contributed by atoms with Gasteiger partial charge in [-0.25, -0.2) is 0 Å². The van der Waals surface area contributed by atoms with E-state index in [1.807, 2.05) is 6.92 Å². The fourth-order valence-corrected chi connectivity index (χ4v) is 4.10. The summed E-state index contributed by atoms with van der Waals surface area (Å²) < 4.78 is 11.5. The minimum atomic E-state index is -1.84. The van der Waals surface area contributed by atoms with Gasteiger partial charge in [0, 0.05) is 13.2 Å². The molecule has 0 heterocycles. The summed E-state index contributed by atoms with van der Waals surface area (Å²) in [7, 11) is -1.84. The summed E-state index contributed by atoms with van der Waals surface area (Å²) in [5.74, 6) is 0.922. The molecule has 0 aliphatic carbocycles. The average Bonchev–Trinajstić information content (AvgIpc) is 2.12. The number of hydrogen-bond donors (Lipinski definition) is 1. The highest BCUT2D eigenvalue weighted by atomic mass is 32.1. The van der Waals surface area contributed by atoms with E-state index < -0.39 is 8.56 Å². The van der Waals surface area contributed by atoms with E-state index in [2.05, 4.69) is 26.1 Å². The van der Waals surface area contributed by atoms with Crippen LogP contribution in [0, 0.1) is 0 Å². The standard InChI is InChI=1S/C9H22O2SSi/c1-4-7-11-13(3,10-5-2)9-6-8-12/h12H,4-9H2,1-3H3. The first-order valence-electron chi connectivity index (χ1n) is 5.07. The van der Waals surface area contributed by atoms with Gasteiger partial charge in [0.15, 0.2) is 0 Å². The van der Waals surface area contributed by atoms with Crippen molar-refractivity contribution in [1.82, 2.24) is 0 Å². The van der Waals surface area contributed by atoms with Crippen molar-refractivity contribution in [3.63, 3.8) is 0 Å². The zero-order valence-electron chi connectivity index (χ0n) is 9.01. The molecule has 0 aliphatic rings. The van der Waals surface area contributed by atoms with Crippen molar-refractivity contribution in [2.75, 3.05) is 19.0 Å². The second kappa shape index (κ2) is 7.85. The largest absolute Gasteiger partial charge is 0.395 e. The highest BCUT2D eigenvalue weighted by Gasteiger charge is 2.29. The van der Waals surface area contributed by atoms with Crippen LogP contribution in [0.15, 0.2) is 0 Å². The molecule has 13 heavy (non-hydrogen) atoms. The van der Waals surface area contributed by atoms with Crippen LogP contribution in [0.1, 0.15) is 26.7 Å². The van der Waals surface area contributed by atoms with Gasteiger partial charge in [-0.15, -0.1) is 0 Å². The summed E-state index contributed by atoms with van der Waals surface area (Å²) in [4.78, 5) is 0. The zero-order chi connectivity index (χ0) is 10.2. The minimum absolute atomic E-state index is 0.763. The van der Waals surface area contributed by atoms with Gasteiger partial charge < -0.3 is 8.85 Å². The van der Waals surface area contributed by atoms with E-state index in [0.717, 1.165) is 37.9 Å². The van der Waals surface area contributed by atoms with Gasteiger partial charge in [0.25, 0.3) is 0 Å². The number of hydrogen-bond acceptors (Lipinski definition) is 3. The summed E-state index contributed by atoms with van der Waals surface area (Å²) in [6.45, 7) is 7.89. The van der Waals surface area contributed by atoms with Crippen LogP contribution in [0.5, 0.6) is 0 Å². The molecule has 4 heteroatoms. The predicted octanol–water partition coefficient (Wildman–Crippen LogP) is 2.84. The van der Waals surface area contributed by atoms with Crippen LogP contribution in [-0.4, -0.2) is 27.5 Å². The van der Waals surface area contributed by atoms with Gasteiger partial charge in [-0.05, 0) is 38.1 Å². The summed E-state index contributed by atoms with van der Waals surface area (Å²) in [5.41, 5.74) is 0. The van der Waals surface area contributed by atoms with Gasteiger partial charge in [-0.1, -0.05) is 6.92 Å². The molecule has 0 amide bonds. The van der Waals surface area contributed by atoms with E-state index in [0.29, 0.717) is 0 Å². The maximum atomic E-state index is 5.80. The van der Waals surface area contributed by atoms with Crippen LogP contribution in [0.4, 0.5) is 0 Å². The smallest absolute Gasteiger partial charge is 0.334 e. The molecule has 0 saturated carbocycles. The van der Waals surface area contributed by atoms with Gasteiger partial charge in [0.05, 0.1) is 0 Å². The molecule has 1 atom stereocenters. The summed E-state index contributed by atoms with van der Waals surface area (Å²) in [6, 6.07) is 1.06. The van der Waals surface area contributed by atoms with Crippen molar-refractivity contribution in [1.29, 1.82) is 0 Å². The summed E-state index contributed by atoms with van der Waals surface area (Å²) >= 11 is 4.20. The minimum Gasteiger partial charge on any atom is -0.395 e. The molecule has 0 fully saturated rings. The van der Waals surface area contributed by atoms with Crippen LogP contribution < -0.4 is 0 Å². The molecule has 0 aromatic heterocycles. The Morgan fingerprint density at radius 1 is 1.23 bits per heavy atom. The molecule has 0 spiro atoms.